The zero-order chi connectivity index (χ0) is 0. The molecule has 4 heavy (non-hydrogen) atoms. The zero-order valence-corrected chi connectivity index (χ0v) is 2.73. The van der Waals surface area contributed by atoms with Gasteiger partial charge in [-0.15, -0.1) is 0 Å². The summed E-state index contributed by atoms with van der Waals surface area (Å²) >= 11 is 0. The van der Waals surface area contributed by atoms with Gasteiger partial charge in [-0.1, -0.05) is 0 Å². The van der Waals surface area contributed by atoms with Crippen LogP contribution in [0.25, 0.3) is 0 Å². The summed E-state index contributed by atoms with van der Waals surface area (Å²) < 4.78 is 0. The Morgan fingerprint density at radius 3 is 0.500 bits per heavy atom. The van der Waals surface area contributed by atoms with E-state index in [2.05, 4.69) is 0 Å². The molecule has 0 rings (SSSR count). The molecule has 0 aromatic rings. The summed E-state index contributed by atoms with van der Waals surface area (Å²) in [6.07, 6.45) is 0. The first-order valence-corrected chi connectivity index (χ1v) is 0. The monoisotopic (exact) mass is 265 g/mol. The number of rotatable bonds is 0. The van der Waals surface area contributed by atoms with Crippen molar-refractivity contribution in [1.82, 2.24) is 0 Å². The molecular weight excluding hydrogens is 261 g/mol. The van der Waals surface area contributed by atoms with Crippen molar-refractivity contribution >= 4 is 88.7 Å². The summed E-state index contributed by atoms with van der Waals surface area (Å²) in [6.45, 7) is 0. The van der Waals surface area contributed by atoms with Gasteiger partial charge >= 0.3 is 88.7 Å². The third-order valence-corrected chi connectivity index (χ3v) is 0. The summed E-state index contributed by atoms with van der Waals surface area (Å²) in [5.74, 6) is 0. The predicted octanol–water partition coefficient (Wildman–Crippen LogP) is -1.95. The van der Waals surface area contributed by atoms with E-state index in [1.807, 2.05) is 0 Å². The molecule has 0 saturated carbocycles. The second kappa shape index (κ2) is 15.9. The van der Waals surface area contributed by atoms with Gasteiger partial charge in [-0.05, 0) is 0 Å². The average Bonchev–Trinajstić information content (AvgIpc) is 0. The van der Waals surface area contributed by atoms with E-state index < -0.39 is 0 Å². The standard InChI is InChI=1S/Ir.3Na.3H. The van der Waals surface area contributed by atoms with Crippen molar-refractivity contribution in [2.24, 2.45) is 0 Å². The quantitative estimate of drug-likeness (QED) is 0.446. The second-order valence-electron chi connectivity index (χ2n) is 0. The van der Waals surface area contributed by atoms with Gasteiger partial charge in [0.05, 0.1) is 0 Å². The second-order valence-corrected chi connectivity index (χ2v) is 0. The third kappa shape index (κ3) is 9.17. The van der Waals surface area contributed by atoms with Crippen LogP contribution in [0.5, 0.6) is 0 Å². The fourth-order valence-corrected chi connectivity index (χ4v) is 0. The molecule has 0 nitrogen and oxygen atoms in total. The van der Waals surface area contributed by atoms with Crippen LogP contribution < -0.4 is 0 Å². The van der Waals surface area contributed by atoms with Gasteiger partial charge in [-0.25, -0.2) is 0 Å². The summed E-state index contributed by atoms with van der Waals surface area (Å²) in [7, 11) is 0. The van der Waals surface area contributed by atoms with Crippen LogP contribution in [-0.2, 0) is 20.1 Å². The molecule has 0 amide bonds. The molecule has 0 atom stereocenters. The van der Waals surface area contributed by atoms with Crippen LogP contribution in [0.4, 0.5) is 0 Å². The first-order valence-electron chi connectivity index (χ1n) is 0. The van der Waals surface area contributed by atoms with E-state index >= 15 is 0 Å². The van der Waals surface area contributed by atoms with E-state index in [4.69, 9.17) is 0 Å². The van der Waals surface area contributed by atoms with Crippen molar-refractivity contribution in [2.45, 2.75) is 0 Å². The molecule has 4 heteroatoms. The normalized spacial score (nSPS) is 0. The first kappa shape index (κ1) is 25.4. The molecule has 0 unspecified atom stereocenters. The van der Waals surface area contributed by atoms with E-state index in [1.54, 1.807) is 0 Å². The molecule has 0 aromatic heterocycles. The summed E-state index contributed by atoms with van der Waals surface area (Å²) in [5, 5.41) is 0. The van der Waals surface area contributed by atoms with Gasteiger partial charge in [0, 0.05) is 20.1 Å². The Morgan fingerprint density at radius 2 is 0.500 bits per heavy atom. The molecular formula is H3IrNa3. The van der Waals surface area contributed by atoms with E-state index in [0.717, 1.165) is 0 Å². The Labute approximate surface area is 106 Å². The molecule has 0 aliphatic carbocycles. The fraction of sp³-hybridized carbons (Fsp3) is 0. The molecule has 0 N–H and O–H groups in total. The van der Waals surface area contributed by atoms with Crippen LogP contribution in [0.15, 0.2) is 0 Å². The molecule has 1 radical (unpaired) electrons. The van der Waals surface area contributed by atoms with Crippen molar-refractivity contribution in [2.75, 3.05) is 0 Å². The van der Waals surface area contributed by atoms with Crippen molar-refractivity contribution in [3.8, 4) is 0 Å². The van der Waals surface area contributed by atoms with Gasteiger partial charge in [0.1, 0.15) is 0 Å². The maximum absolute atomic E-state index is 0. The van der Waals surface area contributed by atoms with Gasteiger partial charge in [0.2, 0.25) is 0 Å². The molecule has 0 fully saturated rings. The zero-order valence-electron chi connectivity index (χ0n) is 0.333. The first-order chi connectivity index (χ1) is 0. The Bertz CT molecular complexity index is 3.25. The SMILES string of the molecule is [Ir].[NaH].[NaH].[NaH]. The van der Waals surface area contributed by atoms with Crippen LogP contribution in [0.2, 0.25) is 0 Å². The van der Waals surface area contributed by atoms with Gasteiger partial charge in [0.25, 0.3) is 0 Å². The molecule has 0 aliphatic rings. The summed E-state index contributed by atoms with van der Waals surface area (Å²) in [6, 6.07) is 0. The van der Waals surface area contributed by atoms with E-state index in [-0.39, 0.29) is 109 Å². The van der Waals surface area contributed by atoms with Crippen molar-refractivity contribution in [1.29, 1.82) is 0 Å². The van der Waals surface area contributed by atoms with Crippen LogP contribution in [0, 0.1) is 0 Å². The van der Waals surface area contributed by atoms with Crippen molar-refractivity contribution < 1.29 is 20.1 Å². The van der Waals surface area contributed by atoms with Gasteiger partial charge < -0.3 is 0 Å². The van der Waals surface area contributed by atoms with E-state index in [9.17, 15) is 0 Å². The molecule has 0 heterocycles. The summed E-state index contributed by atoms with van der Waals surface area (Å²) in [4.78, 5) is 0. The predicted molar refractivity (Wildman–Crippen MR) is 21.4 cm³/mol. The molecule has 0 bridgehead atoms. The minimum atomic E-state index is 0. The molecule has 15 valence electrons. The minimum absolute atomic E-state index is 0. The fourth-order valence-electron chi connectivity index (χ4n) is 0. The topological polar surface area (TPSA) is 0 Å². The van der Waals surface area contributed by atoms with Gasteiger partial charge in [-0.3, -0.25) is 0 Å². The van der Waals surface area contributed by atoms with Crippen LogP contribution in [-0.4, -0.2) is 88.7 Å². The van der Waals surface area contributed by atoms with Crippen molar-refractivity contribution in [3.05, 3.63) is 0 Å². The Hall–Kier alpha value is 3.65. The Balaban J connectivity index is 0. The third-order valence-electron chi connectivity index (χ3n) is 0. The van der Waals surface area contributed by atoms with Gasteiger partial charge in [-0.2, -0.15) is 0 Å². The average molecular weight is 264 g/mol. The Morgan fingerprint density at radius 1 is 0.500 bits per heavy atom. The van der Waals surface area contributed by atoms with E-state index in [0.29, 0.717) is 0 Å². The van der Waals surface area contributed by atoms with Crippen LogP contribution >= 0.6 is 0 Å². The number of hydrogen-bond acceptors (Lipinski definition) is 0. The van der Waals surface area contributed by atoms with Crippen LogP contribution in [0.3, 0.4) is 0 Å². The number of hydrogen-bond donors (Lipinski definition) is 0. The Kier molecular flexibility index (Phi) is 101. The van der Waals surface area contributed by atoms with E-state index in [1.165, 1.54) is 0 Å². The summed E-state index contributed by atoms with van der Waals surface area (Å²) in [5.41, 5.74) is 0. The molecule has 0 spiro atoms. The molecule has 0 aliphatic heterocycles. The maximum atomic E-state index is 0. The molecule has 0 saturated heterocycles. The van der Waals surface area contributed by atoms with Crippen LogP contribution in [0.1, 0.15) is 0 Å². The van der Waals surface area contributed by atoms with Gasteiger partial charge in [0.15, 0.2) is 0 Å². The molecule has 0 aromatic carbocycles. The van der Waals surface area contributed by atoms with Crippen molar-refractivity contribution in [3.63, 3.8) is 0 Å².